The second-order valence-electron chi connectivity index (χ2n) is 6.48. The predicted octanol–water partition coefficient (Wildman–Crippen LogP) is 1.52. The molecule has 10 heteroatoms. The zero-order valence-electron chi connectivity index (χ0n) is 14.6. The lowest BCUT2D eigenvalue weighted by Crippen LogP contribution is -2.41. The Kier molecular flexibility index (Phi) is 8.20. The van der Waals surface area contributed by atoms with Crippen LogP contribution in [0.2, 0.25) is 0 Å². The van der Waals surface area contributed by atoms with Crippen LogP contribution in [0, 0.1) is 0 Å². The van der Waals surface area contributed by atoms with Crippen LogP contribution < -0.4 is 5.32 Å². The van der Waals surface area contributed by atoms with Crippen molar-refractivity contribution < 1.29 is 19.4 Å². The molecule has 0 bridgehead atoms. The molecule has 2 N–H and O–H groups in total. The van der Waals surface area contributed by atoms with Gasteiger partial charge in [-0.05, 0) is 38.8 Å². The Bertz CT molecular complexity index is 601. The fourth-order valence-corrected chi connectivity index (χ4v) is 4.21. The van der Waals surface area contributed by atoms with Gasteiger partial charge < -0.3 is 20.1 Å². The van der Waals surface area contributed by atoms with E-state index in [-0.39, 0.29) is 37.4 Å². The van der Waals surface area contributed by atoms with E-state index in [1.54, 1.807) is 4.90 Å². The summed E-state index contributed by atoms with van der Waals surface area (Å²) in [5.74, 6) is -0.497. The van der Waals surface area contributed by atoms with Gasteiger partial charge in [0.05, 0.1) is 19.1 Å². The molecule has 3 heterocycles. The molecule has 8 nitrogen and oxygen atoms in total. The molecule has 26 heavy (non-hydrogen) atoms. The maximum absolute atomic E-state index is 12.6. The van der Waals surface area contributed by atoms with Crippen molar-refractivity contribution in [3.8, 4) is 0 Å². The first-order chi connectivity index (χ1) is 12.1. The Morgan fingerprint density at radius 2 is 1.88 bits per heavy atom. The first-order valence-electron chi connectivity index (χ1n) is 8.80. The van der Waals surface area contributed by atoms with E-state index in [4.69, 9.17) is 9.84 Å². The van der Waals surface area contributed by atoms with Gasteiger partial charge in [0.1, 0.15) is 5.01 Å². The number of carboxylic acids is 1. The average molecular weight is 405 g/mol. The Hall–Kier alpha value is -1.29. The van der Waals surface area contributed by atoms with E-state index in [0.717, 1.165) is 43.8 Å². The molecule has 1 amide bonds. The van der Waals surface area contributed by atoms with Gasteiger partial charge in [-0.2, -0.15) is 0 Å². The molecule has 0 saturated carbocycles. The van der Waals surface area contributed by atoms with Crippen molar-refractivity contribution in [3.63, 3.8) is 0 Å². The Balaban J connectivity index is 0.00000243. The number of hydrogen-bond donors (Lipinski definition) is 2. The maximum atomic E-state index is 12.6. The molecule has 0 radical (unpaired) electrons. The van der Waals surface area contributed by atoms with Crippen molar-refractivity contribution in [1.82, 2.24) is 20.4 Å². The van der Waals surface area contributed by atoms with Gasteiger partial charge in [-0.15, -0.1) is 22.6 Å². The highest BCUT2D eigenvalue weighted by molar-refractivity contribution is 7.13. The number of nitrogens with zero attached hydrogens (tertiary/aromatic N) is 3. The number of nitrogens with one attached hydrogen (secondary N) is 1. The number of aromatic nitrogens is 2. The van der Waals surface area contributed by atoms with Crippen LogP contribution in [0.5, 0.6) is 0 Å². The minimum absolute atomic E-state index is 0. The second kappa shape index (κ2) is 10.1. The standard InChI is InChI=1S/C16H24N4O4S.ClH/c21-13(22)5-10-24-12-3-8-20(9-4-12)16(23)15-19-18-14(25-15)11-1-6-17-7-2-11;/h11-12,17H,1-10H2,(H,21,22);1H. The third-order valence-electron chi connectivity index (χ3n) is 4.71. The number of piperidine rings is 2. The molecule has 1 aromatic rings. The molecule has 0 spiro atoms. The van der Waals surface area contributed by atoms with Crippen LogP contribution in [0.4, 0.5) is 0 Å². The molecule has 1 aromatic heterocycles. The van der Waals surface area contributed by atoms with Gasteiger partial charge in [0, 0.05) is 19.0 Å². The molecule has 0 unspecified atom stereocenters. The number of amides is 1. The molecule has 2 saturated heterocycles. The maximum Gasteiger partial charge on any atom is 0.305 e. The Morgan fingerprint density at radius 1 is 1.19 bits per heavy atom. The third-order valence-corrected chi connectivity index (χ3v) is 5.78. The summed E-state index contributed by atoms with van der Waals surface area (Å²) in [5.41, 5.74) is 0. The van der Waals surface area contributed by atoms with E-state index in [0.29, 0.717) is 24.0 Å². The molecular formula is C16H25ClN4O4S. The molecule has 0 aromatic carbocycles. The number of ether oxygens (including phenoxy) is 1. The first kappa shape index (κ1) is 21.0. The number of likely N-dealkylation sites (tertiary alicyclic amines) is 1. The van der Waals surface area contributed by atoms with Crippen LogP contribution in [0.1, 0.15) is 52.8 Å². The lowest BCUT2D eigenvalue weighted by atomic mass is 9.99. The van der Waals surface area contributed by atoms with Gasteiger partial charge in [-0.25, -0.2) is 0 Å². The molecule has 0 atom stereocenters. The molecule has 2 fully saturated rings. The van der Waals surface area contributed by atoms with E-state index in [9.17, 15) is 9.59 Å². The van der Waals surface area contributed by atoms with E-state index in [2.05, 4.69) is 15.5 Å². The van der Waals surface area contributed by atoms with Crippen molar-refractivity contribution in [2.24, 2.45) is 0 Å². The van der Waals surface area contributed by atoms with E-state index in [1.165, 1.54) is 11.3 Å². The normalized spacial score (nSPS) is 19.2. The van der Waals surface area contributed by atoms with Crippen LogP contribution in [0.3, 0.4) is 0 Å². The van der Waals surface area contributed by atoms with Crippen molar-refractivity contribution >= 4 is 35.6 Å². The number of halogens is 1. The van der Waals surface area contributed by atoms with E-state index < -0.39 is 5.97 Å². The SMILES string of the molecule is Cl.O=C(O)CCOC1CCN(C(=O)c2nnc(C3CCNCC3)s2)CC1. The number of rotatable bonds is 6. The van der Waals surface area contributed by atoms with Crippen LogP contribution in [0.15, 0.2) is 0 Å². The lowest BCUT2D eigenvalue weighted by molar-refractivity contribution is -0.138. The monoisotopic (exact) mass is 404 g/mol. The summed E-state index contributed by atoms with van der Waals surface area (Å²) in [6.45, 7) is 3.42. The van der Waals surface area contributed by atoms with Crippen LogP contribution >= 0.6 is 23.7 Å². The fourth-order valence-electron chi connectivity index (χ4n) is 3.23. The van der Waals surface area contributed by atoms with Gasteiger partial charge in [-0.1, -0.05) is 11.3 Å². The molecule has 0 aliphatic carbocycles. The topological polar surface area (TPSA) is 105 Å². The van der Waals surface area contributed by atoms with Gasteiger partial charge in [0.15, 0.2) is 0 Å². The van der Waals surface area contributed by atoms with Crippen LogP contribution in [0.25, 0.3) is 0 Å². The van der Waals surface area contributed by atoms with Gasteiger partial charge >= 0.3 is 5.97 Å². The molecule has 3 rings (SSSR count). The number of carbonyl (C=O) groups excluding carboxylic acids is 1. The Morgan fingerprint density at radius 3 is 2.54 bits per heavy atom. The highest BCUT2D eigenvalue weighted by atomic mass is 35.5. The van der Waals surface area contributed by atoms with Crippen LogP contribution in [-0.4, -0.2) is 71.0 Å². The predicted molar refractivity (Wildman–Crippen MR) is 99.1 cm³/mol. The Labute approximate surface area is 162 Å². The summed E-state index contributed by atoms with van der Waals surface area (Å²) in [5, 5.41) is 21.8. The molecule has 146 valence electrons. The summed E-state index contributed by atoms with van der Waals surface area (Å²) < 4.78 is 5.56. The van der Waals surface area contributed by atoms with Crippen molar-refractivity contribution in [1.29, 1.82) is 0 Å². The highest BCUT2D eigenvalue weighted by Crippen LogP contribution is 2.28. The number of carbonyl (C=O) groups is 2. The smallest absolute Gasteiger partial charge is 0.305 e. The minimum atomic E-state index is -0.853. The van der Waals surface area contributed by atoms with E-state index >= 15 is 0 Å². The summed E-state index contributed by atoms with van der Waals surface area (Å²) >= 11 is 1.42. The summed E-state index contributed by atoms with van der Waals surface area (Å²) in [7, 11) is 0. The molecular weight excluding hydrogens is 380 g/mol. The fraction of sp³-hybridized carbons (Fsp3) is 0.750. The highest BCUT2D eigenvalue weighted by Gasteiger charge is 2.28. The minimum Gasteiger partial charge on any atom is -0.481 e. The second-order valence-corrected chi connectivity index (χ2v) is 7.48. The number of hydrogen-bond acceptors (Lipinski definition) is 7. The van der Waals surface area contributed by atoms with E-state index in [1.807, 2.05) is 0 Å². The van der Waals surface area contributed by atoms with Crippen molar-refractivity contribution in [2.75, 3.05) is 32.8 Å². The number of carboxylic acid groups (broad SMARTS) is 1. The van der Waals surface area contributed by atoms with Crippen LogP contribution in [-0.2, 0) is 9.53 Å². The zero-order valence-corrected chi connectivity index (χ0v) is 16.2. The summed E-state index contributed by atoms with van der Waals surface area (Å²) in [6.07, 6.45) is 3.59. The average Bonchev–Trinajstić information content (AvgIpc) is 3.12. The van der Waals surface area contributed by atoms with Crippen molar-refractivity contribution in [2.45, 2.75) is 44.1 Å². The summed E-state index contributed by atoms with van der Waals surface area (Å²) in [6, 6.07) is 0. The third kappa shape index (κ3) is 5.60. The van der Waals surface area contributed by atoms with Gasteiger partial charge in [0.2, 0.25) is 5.01 Å². The zero-order chi connectivity index (χ0) is 17.6. The quantitative estimate of drug-likeness (QED) is 0.740. The largest absolute Gasteiger partial charge is 0.481 e. The van der Waals surface area contributed by atoms with Crippen molar-refractivity contribution in [3.05, 3.63) is 10.0 Å². The summed E-state index contributed by atoms with van der Waals surface area (Å²) in [4.78, 5) is 24.9. The molecule has 2 aliphatic heterocycles. The first-order valence-corrected chi connectivity index (χ1v) is 9.62. The van der Waals surface area contributed by atoms with Gasteiger partial charge in [-0.3, -0.25) is 9.59 Å². The lowest BCUT2D eigenvalue weighted by Gasteiger charge is -2.31. The van der Waals surface area contributed by atoms with Gasteiger partial charge in [0.25, 0.3) is 5.91 Å². The molecule has 2 aliphatic rings. The number of aliphatic carboxylic acids is 1.